The number of nitriles is 1. The number of carbonyl (C=O) groups is 5. The van der Waals surface area contributed by atoms with Gasteiger partial charge in [-0.05, 0) is 98.5 Å². The van der Waals surface area contributed by atoms with Gasteiger partial charge in [0, 0.05) is 57.1 Å². The molecule has 3 saturated heterocycles. The van der Waals surface area contributed by atoms with Crippen LogP contribution in [0.1, 0.15) is 105 Å². The molecule has 2 unspecified atom stereocenters. The van der Waals surface area contributed by atoms with Gasteiger partial charge in [0.15, 0.2) is 5.78 Å². The van der Waals surface area contributed by atoms with Gasteiger partial charge < -0.3 is 39.9 Å². The van der Waals surface area contributed by atoms with Gasteiger partial charge in [0.2, 0.25) is 17.7 Å². The second-order valence-corrected chi connectivity index (χ2v) is 21.5. The van der Waals surface area contributed by atoms with E-state index in [4.69, 9.17) is 21.7 Å². The van der Waals surface area contributed by atoms with Crippen LogP contribution in [0.15, 0.2) is 72.2 Å². The molecule has 0 radical (unpaired) electrons. The number of rotatable bonds is 16. The monoisotopic (exact) mass is 1040 g/mol. The smallest absolute Gasteiger partial charge is 0.391 e. The summed E-state index contributed by atoms with van der Waals surface area (Å²) in [6.45, 7) is 12.0. The minimum Gasteiger partial charge on any atom is -0.391 e. The highest BCUT2D eigenvalue weighted by molar-refractivity contribution is 7.80. The summed E-state index contributed by atoms with van der Waals surface area (Å²) >= 11 is 7.27. The van der Waals surface area contributed by atoms with Crippen LogP contribution in [0.2, 0.25) is 0 Å². The molecule has 3 aliphatic rings. The molecule has 0 saturated carbocycles. The van der Waals surface area contributed by atoms with Crippen LogP contribution in [0.25, 0.3) is 10.4 Å². The van der Waals surface area contributed by atoms with Gasteiger partial charge in [-0.15, -0.1) is 11.3 Å². The zero-order chi connectivity index (χ0) is 53.0. The molecule has 3 aliphatic heterocycles. The second kappa shape index (κ2) is 22.6. The lowest BCUT2D eigenvalue weighted by Gasteiger charge is -2.35. The average molecular weight is 1040 g/mol. The van der Waals surface area contributed by atoms with Crippen LogP contribution in [0.4, 0.5) is 18.9 Å². The van der Waals surface area contributed by atoms with E-state index in [9.17, 15) is 47.5 Å². The van der Waals surface area contributed by atoms with Crippen molar-refractivity contribution in [3.63, 3.8) is 0 Å². The lowest BCUT2D eigenvalue weighted by Crippen LogP contribution is -2.58. The molecule has 3 N–H and O–H groups in total. The van der Waals surface area contributed by atoms with Crippen molar-refractivity contribution in [1.82, 2.24) is 25.4 Å². The van der Waals surface area contributed by atoms with E-state index in [0.717, 1.165) is 33.8 Å². The lowest BCUT2D eigenvalue weighted by molar-refractivity contribution is -0.144. The zero-order valence-electron chi connectivity index (χ0n) is 41.6. The molecule has 4 atom stereocenters. The number of alkyl halides is 3. The molecule has 3 fully saturated rings. The minimum atomic E-state index is -4.80. The van der Waals surface area contributed by atoms with E-state index in [1.54, 1.807) is 70.8 Å². The number of anilines is 1. The predicted octanol–water partition coefficient (Wildman–Crippen LogP) is 7.12. The molecule has 73 heavy (non-hydrogen) atoms. The van der Waals surface area contributed by atoms with Crippen LogP contribution in [-0.4, -0.2) is 124 Å². The average Bonchev–Trinajstić information content (AvgIpc) is 4.02. The van der Waals surface area contributed by atoms with Gasteiger partial charge in [0.05, 0.1) is 61.9 Å². The van der Waals surface area contributed by atoms with E-state index in [0.29, 0.717) is 50.2 Å². The number of ether oxygens (including phenoxy) is 2. The third-order valence-electron chi connectivity index (χ3n) is 13.5. The van der Waals surface area contributed by atoms with Crippen molar-refractivity contribution in [3.8, 4) is 16.5 Å². The number of thiazole rings is 1. The summed E-state index contributed by atoms with van der Waals surface area (Å²) in [4.78, 5) is 78.0. The van der Waals surface area contributed by atoms with Gasteiger partial charge in [0.1, 0.15) is 18.7 Å². The molecule has 0 aliphatic carbocycles. The number of amides is 4. The second-order valence-electron chi connectivity index (χ2n) is 20.2. The SMILES string of the molecule is Cc1ncsc1-c1ccc(CNC(=O)[C@@H]2C[C@@H](O)CN2C(=O)C(NC(=O)COCCCOC2CCN(C(=O)c3ccc(N4C(=S)C(c5ccc(C#N)c(C(F)(F)F)c5)C(=O)C4(C)C)cc3)CC2)C(C)(C)C)cc1. The van der Waals surface area contributed by atoms with E-state index in [-0.39, 0.29) is 55.3 Å². The number of halogens is 3. The number of aryl methyl sites for hydroxylation is 1. The first-order chi connectivity index (χ1) is 34.5. The number of nitrogens with one attached hydrogen (secondary N) is 2. The Labute approximate surface area is 432 Å². The highest BCUT2D eigenvalue weighted by atomic mass is 32.1. The summed E-state index contributed by atoms with van der Waals surface area (Å²) in [5.41, 5.74) is 1.96. The lowest BCUT2D eigenvalue weighted by atomic mass is 9.85. The predicted molar refractivity (Wildman–Crippen MR) is 271 cm³/mol. The standard InChI is InChI=1S/C53H60F3N7O8S2/c1-31-44(73-30-59-31)33-10-8-32(9-11-33)27-58-47(67)41-25-38(64)28-62(41)49(69)45(51(2,3)4)60-42(65)29-70-22-7-23-71-39-18-20-61(21-19-39)48(68)34-14-16-37(17-15-34)63-50(72)43(46(66)52(63,5)6)35-12-13-36(26-57)40(24-35)53(54,55)56/h8-17,24,30,38-39,41,43,45,64H,7,18-23,25,27-29H2,1-6H3,(H,58,67)(H,60,65)/t38-,41+,43?,45?/m1/s1. The summed E-state index contributed by atoms with van der Waals surface area (Å²) < 4.78 is 53.1. The van der Waals surface area contributed by atoms with E-state index in [1.165, 1.54) is 11.0 Å². The molecule has 4 amide bonds. The molecule has 388 valence electrons. The fraction of sp³-hybridized carbons (Fsp3) is 0.472. The molecule has 4 aromatic rings. The van der Waals surface area contributed by atoms with Crippen molar-refractivity contribution >= 4 is 63.6 Å². The Morgan fingerprint density at radius 1 is 1.01 bits per heavy atom. The molecule has 4 heterocycles. The van der Waals surface area contributed by atoms with Crippen molar-refractivity contribution in [2.45, 2.75) is 116 Å². The maximum Gasteiger partial charge on any atom is 0.417 e. The molecule has 15 nitrogen and oxygen atoms in total. The van der Waals surface area contributed by atoms with Crippen LogP contribution < -0.4 is 15.5 Å². The summed E-state index contributed by atoms with van der Waals surface area (Å²) in [5, 5.41) is 25.5. The number of thiocarbonyl (C=S) groups is 1. The fourth-order valence-electron chi connectivity index (χ4n) is 9.52. The Morgan fingerprint density at radius 2 is 1.70 bits per heavy atom. The topological polar surface area (TPSA) is 194 Å². The normalized spacial score (nSPS) is 19.7. The van der Waals surface area contributed by atoms with E-state index in [1.807, 2.05) is 52.0 Å². The molecule has 3 aromatic carbocycles. The number of nitrogens with zero attached hydrogens (tertiary/aromatic N) is 5. The largest absolute Gasteiger partial charge is 0.417 e. The minimum absolute atomic E-state index is 0.0446. The van der Waals surface area contributed by atoms with Gasteiger partial charge >= 0.3 is 6.18 Å². The van der Waals surface area contributed by atoms with Gasteiger partial charge in [-0.25, -0.2) is 4.98 Å². The number of piperidine rings is 1. The van der Waals surface area contributed by atoms with Gasteiger partial charge in [-0.2, -0.15) is 18.4 Å². The van der Waals surface area contributed by atoms with Crippen molar-refractivity contribution in [1.29, 1.82) is 5.26 Å². The maximum atomic E-state index is 14.0. The summed E-state index contributed by atoms with van der Waals surface area (Å²) in [6.07, 6.45) is -4.05. The molecular formula is C53H60F3N7O8S2. The molecular weight excluding hydrogens is 984 g/mol. The zero-order valence-corrected chi connectivity index (χ0v) is 43.2. The van der Waals surface area contributed by atoms with Crippen LogP contribution in [-0.2, 0) is 41.4 Å². The first-order valence-corrected chi connectivity index (χ1v) is 25.4. The van der Waals surface area contributed by atoms with Gasteiger partial charge in [0.25, 0.3) is 5.91 Å². The number of Topliss-reactive ketones (excluding diaryl/α,β-unsaturated/α-hetero) is 1. The molecule has 0 bridgehead atoms. The third kappa shape index (κ3) is 12.5. The number of benzene rings is 3. The molecule has 7 rings (SSSR count). The Kier molecular flexibility index (Phi) is 16.9. The Morgan fingerprint density at radius 3 is 2.32 bits per heavy atom. The number of β-amino-alcohol motifs (C(OH)–C–C–N with tert-alkyl or cyclic N) is 1. The quantitative estimate of drug-likeness (QED) is 0.0761. The Bertz CT molecular complexity index is 2750. The Hall–Kier alpha value is -6.11. The number of hydrogen-bond donors (Lipinski definition) is 3. The molecule has 1 aromatic heterocycles. The van der Waals surface area contributed by atoms with Crippen LogP contribution in [0.3, 0.4) is 0 Å². The van der Waals surface area contributed by atoms with Crippen molar-refractivity contribution in [2.75, 3.05) is 44.4 Å². The molecule has 20 heteroatoms. The van der Waals surface area contributed by atoms with Gasteiger partial charge in [-0.3, -0.25) is 24.0 Å². The third-order valence-corrected chi connectivity index (χ3v) is 14.9. The number of likely N-dealkylation sites (tertiary alicyclic amines) is 2. The first-order valence-electron chi connectivity index (χ1n) is 24.1. The summed E-state index contributed by atoms with van der Waals surface area (Å²) in [6, 6.07) is 17.2. The summed E-state index contributed by atoms with van der Waals surface area (Å²) in [7, 11) is 0. The number of ketones is 1. The van der Waals surface area contributed by atoms with Crippen molar-refractivity contribution in [2.24, 2.45) is 5.41 Å². The fourth-order valence-corrected chi connectivity index (χ4v) is 10.9. The number of aliphatic hydroxyl groups is 1. The van der Waals surface area contributed by atoms with Crippen molar-refractivity contribution < 1.29 is 51.7 Å². The summed E-state index contributed by atoms with van der Waals surface area (Å²) in [5.74, 6) is -3.11. The van der Waals surface area contributed by atoms with E-state index < -0.39 is 75.9 Å². The Balaban J connectivity index is 0.823. The van der Waals surface area contributed by atoms with Crippen LogP contribution in [0, 0.1) is 23.7 Å². The number of carbonyl (C=O) groups excluding carboxylic acids is 5. The van der Waals surface area contributed by atoms with Crippen LogP contribution >= 0.6 is 23.6 Å². The number of hydrogen-bond acceptors (Lipinski definition) is 12. The van der Waals surface area contributed by atoms with E-state index in [2.05, 4.69) is 15.6 Å². The maximum absolute atomic E-state index is 14.0. The number of aromatic nitrogens is 1. The van der Waals surface area contributed by atoms with Crippen molar-refractivity contribution in [3.05, 3.63) is 106 Å². The van der Waals surface area contributed by atoms with Crippen LogP contribution in [0.5, 0.6) is 0 Å². The van der Waals surface area contributed by atoms with Gasteiger partial charge in [-0.1, -0.05) is 63.3 Å². The molecule has 0 spiro atoms. The first kappa shape index (κ1) is 54.7. The highest BCUT2D eigenvalue weighted by Crippen LogP contribution is 2.43. The highest BCUT2D eigenvalue weighted by Gasteiger charge is 2.52. The van der Waals surface area contributed by atoms with E-state index >= 15 is 0 Å². The number of aliphatic hydroxyl groups excluding tert-OH is 1.